The molecule has 1 aromatic rings. The first-order valence-electron chi connectivity index (χ1n) is 5.69. The van der Waals surface area contributed by atoms with Gasteiger partial charge in [0.1, 0.15) is 0 Å². The van der Waals surface area contributed by atoms with E-state index in [2.05, 4.69) is 5.32 Å². The standard InChI is InChI=1S/C11H16N4O4/c1-13(2)6-5-12-8-9-3-4-10(14(16)17)7-11(9)15(18)19/h3-4,7,12H,5-6,8H2,1-2H3. The SMILES string of the molecule is CN(C)CCNCc1ccc([N+](=O)[O-])cc1[N+](=O)[O-]. The van der Waals surface area contributed by atoms with Crippen LogP contribution in [0.4, 0.5) is 11.4 Å². The Hall–Kier alpha value is -2.06. The molecule has 8 heteroatoms. The lowest BCUT2D eigenvalue weighted by atomic mass is 10.1. The molecule has 0 saturated heterocycles. The Kier molecular flexibility index (Phi) is 5.34. The minimum absolute atomic E-state index is 0.230. The molecule has 0 heterocycles. The third-order valence-corrected chi connectivity index (χ3v) is 2.53. The van der Waals surface area contributed by atoms with Crippen LogP contribution in [0, 0.1) is 20.2 Å². The van der Waals surface area contributed by atoms with Crippen LogP contribution in [0.25, 0.3) is 0 Å². The zero-order valence-electron chi connectivity index (χ0n) is 10.8. The maximum atomic E-state index is 10.9. The van der Waals surface area contributed by atoms with Crippen LogP contribution < -0.4 is 5.32 Å². The first kappa shape index (κ1) is 15.0. The van der Waals surface area contributed by atoms with Gasteiger partial charge in [-0.05, 0) is 20.2 Å². The average Bonchev–Trinajstić information content (AvgIpc) is 2.34. The quantitative estimate of drug-likeness (QED) is 0.452. The second kappa shape index (κ2) is 6.76. The van der Waals surface area contributed by atoms with Crippen LogP contribution in [-0.2, 0) is 6.54 Å². The molecular weight excluding hydrogens is 252 g/mol. The first-order chi connectivity index (χ1) is 8.91. The van der Waals surface area contributed by atoms with Gasteiger partial charge in [0, 0.05) is 31.3 Å². The number of benzene rings is 1. The van der Waals surface area contributed by atoms with Gasteiger partial charge in [0.15, 0.2) is 0 Å². The lowest BCUT2D eigenvalue weighted by molar-refractivity contribution is -0.394. The number of nitro benzene ring substituents is 2. The van der Waals surface area contributed by atoms with Crippen LogP contribution in [0.3, 0.4) is 0 Å². The number of hydrogen-bond acceptors (Lipinski definition) is 6. The van der Waals surface area contributed by atoms with Crippen LogP contribution in [0.1, 0.15) is 5.56 Å². The van der Waals surface area contributed by atoms with Crippen molar-refractivity contribution < 1.29 is 9.85 Å². The van der Waals surface area contributed by atoms with Gasteiger partial charge >= 0.3 is 0 Å². The molecule has 19 heavy (non-hydrogen) atoms. The molecule has 1 aromatic carbocycles. The van der Waals surface area contributed by atoms with Gasteiger partial charge in [0.05, 0.1) is 15.9 Å². The second-order valence-corrected chi connectivity index (χ2v) is 4.31. The van der Waals surface area contributed by atoms with E-state index in [0.29, 0.717) is 18.7 Å². The summed E-state index contributed by atoms with van der Waals surface area (Å²) in [4.78, 5) is 22.2. The molecule has 0 aromatic heterocycles. The van der Waals surface area contributed by atoms with E-state index in [0.717, 1.165) is 12.6 Å². The summed E-state index contributed by atoms with van der Waals surface area (Å²) in [5.41, 5.74) is -0.0651. The summed E-state index contributed by atoms with van der Waals surface area (Å²) in [7, 11) is 3.85. The van der Waals surface area contributed by atoms with Gasteiger partial charge in [-0.1, -0.05) is 0 Å². The molecule has 8 nitrogen and oxygen atoms in total. The lowest BCUT2D eigenvalue weighted by Gasteiger charge is -2.10. The number of hydrogen-bond donors (Lipinski definition) is 1. The van der Waals surface area contributed by atoms with E-state index in [1.165, 1.54) is 12.1 Å². The highest BCUT2D eigenvalue weighted by molar-refractivity contribution is 5.49. The smallest absolute Gasteiger partial charge is 0.280 e. The number of non-ortho nitro benzene ring substituents is 1. The van der Waals surface area contributed by atoms with E-state index in [1.807, 2.05) is 19.0 Å². The summed E-state index contributed by atoms with van der Waals surface area (Å²) in [5.74, 6) is 0. The van der Waals surface area contributed by atoms with Gasteiger partial charge in [0.2, 0.25) is 0 Å². The molecule has 104 valence electrons. The Morgan fingerprint density at radius 3 is 2.42 bits per heavy atom. The molecule has 0 aliphatic rings. The molecule has 0 radical (unpaired) electrons. The van der Waals surface area contributed by atoms with Crippen molar-refractivity contribution in [1.82, 2.24) is 10.2 Å². The summed E-state index contributed by atoms with van der Waals surface area (Å²) in [6.07, 6.45) is 0. The average molecular weight is 268 g/mol. The molecule has 1 rings (SSSR count). The third-order valence-electron chi connectivity index (χ3n) is 2.53. The number of nitro groups is 2. The largest absolute Gasteiger partial charge is 0.311 e. The molecule has 0 bridgehead atoms. The maximum Gasteiger partial charge on any atom is 0.280 e. The second-order valence-electron chi connectivity index (χ2n) is 4.31. The molecule has 0 aliphatic carbocycles. The molecule has 0 aliphatic heterocycles. The van der Waals surface area contributed by atoms with Crippen LogP contribution in [0.5, 0.6) is 0 Å². The van der Waals surface area contributed by atoms with Gasteiger partial charge in [-0.3, -0.25) is 20.2 Å². The molecule has 0 atom stereocenters. The Morgan fingerprint density at radius 1 is 1.21 bits per heavy atom. The van der Waals surface area contributed by atoms with Gasteiger partial charge in [-0.2, -0.15) is 0 Å². The van der Waals surface area contributed by atoms with E-state index in [4.69, 9.17) is 0 Å². The van der Waals surface area contributed by atoms with Crippen LogP contribution in [-0.4, -0.2) is 41.9 Å². The molecule has 1 N–H and O–H groups in total. The van der Waals surface area contributed by atoms with Crippen molar-refractivity contribution in [3.05, 3.63) is 44.0 Å². The van der Waals surface area contributed by atoms with Crippen LogP contribution >= 0.6 is 0 Å². The zero-order chi connectivity index (χ0) is 14.4. The van der Waals surface area contributed by atoms with E-state index < -0.39 is 9.85 Å². The highest BCUT2D eigenvalue weighted by Crippen LogP contribution is 2.24. The molecule has 0 fully saturated rings. The first-order valence-corrected chi connectivity index (χ1v) is 5.69. The Balaban J connectivity index is 2.77. The molecule has 0 spiro atoms. The van der Waals surface area contributed by atoms with E-state index in [1.54, 1.807) is 0 Å². The van der Waals surface area contributed by atoms with E-state index in [-0.39, 0.29) is 11.4 Å². The van der Waals surface area contributed by atoms with Crippen LogP contribution in [0.15, 0.2) is 18.2 Å². The van der Waals surface area contributed by atoms with Gasteiger partial charge in [-0.25, -0.2) is 0 Å². The van der Waals surface area contributed by atoms with E-state index >= 15 is 0 Å². The molecule has 0 saturated carbocycles. The fourth-order valence-corrected chi connectivity index (χ4v) is 1.51. The fourth-order valence-electron chi connectivity index (χ4n) is 1.51. The van der Waals surface area contributed by atoms with Crippen molar-refractivity contribution >= 4 is 11.4 Å². The minimum Gasteiger partial charge on any atom is -0.311 e. The Labute approximate surface area is 110 Å². The van der Waals surface area contributed by atoms with Gasteiger partial charge in [-0.15, -0.1) is 0 Å². The summed E-state index contributed by atoms with van der Waals surface area (Å²) in [6, 6.07) is 3.68. The highest BCUT2D eigenvalue weighted by atomic mass is 16.6. The summed E-state index contributed by atoms with van der Waals surface area (Å²) >= 11 is 0. The number of likely N-dealkylation sites (N-methyl/N-ethyl adjacent to an activating group) is 1. The fraction of sp³-hybridized carbons (Fsp3) is 0.455. The van der Waals surface area contributed by atoms with Gasteiger partial charge in [0.25, 0.3) is 11.4 Å². The van der Waals surface area contributed by atoms with Crippen molar-refractivity contribution in [2.75, 3.05) is 27.2 Å². The molecule has 0 unspecified atom stereocenters. The van der Waals surface area contributed by atoms with Crippen molar-refractivity contribution in [3.8, 4) is 0 Å². The highest BCUT2D eigenvalue weighted by Gasteiger charge is 2.18. The van der Waals surface area contributed by atoms with Gasteiger partial charge < -0.3 is 10.2 Å². The summed E-state index contributed by atoms with van der Waals surface area (Å²) in [5, 5.41) is 24.5. The molecule has 0 amide bonds. The number of nitrogens with zero attached hydrogens (tertiary/aromatic N) is 3. The Bertz CT molecular complexity index is 476. The minimum atomic E-state index is -0.643. The van der Waals surface area contributed by atoms with Crippen molar-refractivity contribution in [2.45, 2.75) is 6.54 Å². The van der Waals surface area contributed by atoms with Crippen LogP contribution in [0.2, 0.25) is 0 Å². The van der Waals surface area contributed by atoms with Crippen molar-refractivity contribution in [1.29, 1.82) is 0 Å². The molecular formula is C11H16N4O4. The Morgan fingerprint density at radius 2 is 1.89 bits per heavy atom. The monoisotopic (exact) mass is 268 g/mol. The number of rotatable bonds is 7. The van der Waals surface area contributed by atoms with Crippen molar-refractivity contribution in [2.24, 2.45) is 0 Å². The number of nitrogens with one attached hydrogen (secondary N) is 1. The van der Waals surface area contributed by atoms with Crippen molar-refractivity contribution in [3.63, 3.8) is 0 Å². The predicted octanol–water partition coefficient (Wildman–Crippen LogP) is 1.15. The maximum absolute atomic E-state index is 10.9. The summed E-state index contributed by atoms with van der Waals surface area (Å²) < 4.78 is 0. The zero-order valence-corrected chi connectivity index (χ0v) is 10.8. The predicted molar refractivity (Wildman–Crippen MR) is 70.0 cm³/mol. The normalized spacial score (nSPS) is 10.7. The van der Waals surface area contributed by atoms with E-state index in [9.17, 15) is 20.2 Å². The topological polar surface area (TPSA) is 102 Å². The lowest BCUT2D eigenvalue weighted by Crippen LogP contribution is -2.26. The summed E-state index contributed by atoms with van der Waals surface area (Å²) in [6.45, 7) is 1.80. The third kappa shape index (κ3) is 4.60.